The molecule has 0 aliphatic rings. The summed E-state index contributed by atoms with van der Waals surface area (Å²) in [7, 11) is 4.12. The van der Waals surface area contributed by atoms with E-state index in [1.807, 2.05) is 32.0 Å². The zero-order valence-corrected chi connectivity index (χ0v) is 15.3. The lowest BCUT2D eigenvalue weighted by molar-refractivity contribution is -0.856. The molecule has 1 aromatic carbocycles. The Labute approximate surface area is 143 Å². The molecule has 0 unspecified atom stereocenters. The fraction of sp³-hybridized carbons (Fsp3) is 0.500. The number of thiocarbonyl (C=S) groups is 1. The van der Waals surface area contributed by atoms with Gasteiger partial charge in [0, 0.05) is 0 Å². The number of ether oxygens (including phenoxy) is 1. The molecule has 23 heavy (non-hydrogen) atoms. The second-order valence-electron chi connectivity index (χ2n) is 5.79. The van der Waals surface area contributed by atoms with Crippen LogP contribution in [0.25, 0.3) is 0 Å². The number of benzene rings is 1. The molecule has 7 heteroatoms. The van der Waals surface area contributed by atoms with Gasteiger partial charge in [-0.15, -0.1) is 0 Å². The van der Waals surface area contributed by atoms with E-state index in [1.54, 1.807) is 6.92 Å². The van der Waals surface area contributed by atoms with Crippen molar-refractivity contribution in [1.82, 2.24) is 16.2 Å². The van der Waals surface area contributed by atoms with Crippen molar-refractivity contribution in [3.63, 3.8) is 0 Å². The maximum atomic E-state index is 12.0. The molecular weight excluding hydrogens is 312 g/mol. The van der Waals surface area contributed by atoms with E-state index >= 15 is 0 Å². The van der Waals surface area contributed by atoms with E-state index in [-0.39, 0.29) is 5.91 Å². The van der Waals surface area contributed by atoms with Gasteiger partial charge in [-0.05, 0) is 50.2 Å². The van der Waals surface area contributed by atoms with Gasteiger partial charge in [-0.1, -0.05) is 12.1 Å². The highest BCUT2D eigenvalue weighted by atomic mass is 32.1. The average molecular weight is 339 g/mol. The van der Waals surface area contributed by atoms with Crippen molar-refractivity contribution >= 4 is 23.2 Å². The maximum Gasteiger partial charge on any atom is 0.279 e. The lowest BCUT2D eigenvalue weighted by atomic mass is 10.1. The number of hydrogen-bond acceptors (Lipinski definition) is 3. The van der Waals surface area contributed by atoms with Crippen LogP contribution in [-0.4, -0.2) is 44.3 Å². The molecule has 0 aromatic heterocycles. The number of quaternary nitrogens is 1. The van der Waals surface area contributed by atoms with Crippen molar-refractivity contribution in [2.24, 2.45) is 0 Å². The van der Waals surface area contributed by atoms with Crippen LogP contribution in [-0.2, 0) is 4.79 Å². The van der Waals surface area contributed by atoms with Crippen molar-refractivity contribution in [2.45, 2.75) is 26.9 Å². The van der Waals surface area contributed by atoms with Gasteiger partial charge >= 0.3 is 0 Å². The number of hydrogen-bond donors (Lipinski definition) is 4. The molecule has 4 N–H and O–H groups in total. The first kappa shape index (κ1) is 19.2. The van der Waals surface area contributed by atoms with Crippen molar-refractivity contribution in [2.75, 3.05) is 27.2 Å². The molecule has 0 spiro atoms. The standard InChI is InChI=1S/C16H26N4O2S/c1-11-7-6-8-14(12(11)2)22-13(3)15(21)18-19-16(23)17-9-10-20(4)5/h6-8,13H,9-10H2,1-5H3,(H,18,21)(H2,17,19,23)/p+1/t13-/m1/s1. The monoisotopic (exact) mass is 339 g/mol. The summed E-state index contributed by atoms with van der Waals surface area (Å²) < 4.78 is 5.71. The summed E-state index contributed by atoms with van der Waals surface area (Å²) >= 11 is 5.09. The normalized spacial score (nSPS) is 11.7. The summed E-state index contributed by atoms with van der Waals surface area (Å²) in [5.74, 6) is 0.426. The molecule has 1 aromatic rings. The molecule has 1 rings (SSSR count). The Bertz CT molecular complexity index is 549. The maximum absolute atomic E-state index is 12.0. The second kappa shape index (κ2) is 9.32. The van der Waals surface area contributed by atoms with Gasteiger partial charge in [-0.25, -0.2) is 0 Å². The highest BCUT2D eigenvalue weighted by Gasteiger charge is 2.16. The van der Waals surface area contributed by atoms with Gasteiger partial charge in [0.25, 0.3) is 5.91 Å². The van der Waals surface area contributed by atoms with Crippen LogP contribution in [0.1, 0.15) is 18.1 Å². The molecule has 0 bridgehead atoms. The SMILES string of the molecule is Cc1cccc(O[C@H](C)C(=O)NNC(=S)NCC[NH+](C)C)c1C. The molecule has 0 radical (unpaired) electrons. The Morgan fingerprint density at radius 2 is 2.00 bits per heavy atom. The Hall–Kier alpha value is -1.86. The minimum atomic E-state index is -0.628. The van der Waals surface area contributed by atoms with Crippen LogP contribution in [0.2, 0.25) is 0 Å². The van der Waals surface area contributed by atoms with Crippen LogP contribution in [0.4, 0.5) is 0 Å². The average Bonchev–Trinajstić information content (AvgIpc) is 2.49. The predicted octanol–water partition coefficient (Wildman–Crippen LogP) is -0.289. The van der Waals surface area contributed by atoms with Gasteiger partial charge in [0.05, 0.1) is 27.2 Å². The number of nitrogens with one attached hydrogen (secondary N) is 4. The van der Waals surface area contributed by atoms with E-state index in [2.05, 4.69) is 30.3 Å². The lowest BCUT2D eigenvalue weighted by Gasteiger charge is -2.18. The Morgan fingerprint density at radius 3 is 2.65 bits per heavy atom. The molecule has 0 heterocycles. The molecule has 6 nitrogen and oxygen atoms in total. The quantitative estimate of drug-likeness (QED) is 0.424. The van der Waals surface area contributed by atoms with Gasteiger partial charge in [-0.2, -0.15) is 0 Å². The summed E-state index contributed by atoms with van der Waals surface area (Å²) in [6.45, 7) is 7.35. The molecule has 0 fully saturated rings. The van der Waals surface area contributed by atoms with E-state index in [0.29, 0.717) is 10.9 Å². The smallest absolute Gasteiger partial charge is 0.279 e. The van der Waals surface area contributed by atoms with E-state index in [1.165, 1.54) is 4.90 Å². The summed E-state index contributed by atoms with van der Waals surface area (Å²) in [6.07, 6.45) is -0.628. The molecule has 0 saturated carbocycles. The van der Waals surface area contributed by atoms with Gasteiger partial charge in [0.2, 0.25) is 0 Å². The molecule has 1 amide bonds. The van der Waals surface area contributed by atoms with E-state index < -0.39 is 6.10 Å². The third-order valence-electron chi connectivity index (χ3n) is 3.44. The molecular formula is C16H27N4O2S+. The topological polar surface area (TPSA) is 66.8 Å². The lowest BCUT2D eigenvalue weighted by Crippen LogP contribution is -3.06. The third kappa shape index (κ3) is 6.83. The van der Waals surface area contributed by atoms with Crippen LogP contribution >= 0.6 is 12.2 Å². The fourth-order valence-corrected chi connectivity index (χ4v) is 1.94. The third-order valence-corrected chi connectivity index (χ3v) is 3.68. The van der Waals surface area contributed by atoms with Crippen molar-refractivity contribution in [3.8, 4) is 5.75 Å². The summed E-state index contributed by atoms with van der Waals surface area (Å²) in [6, 6.07) is 5.77. The molecule has 1 atom stereocenters. The van der Waals surface area contributed by atoms with E-state index in [4.69, 9.17) is 17.0 Å². The second-order valence-corrected chi connectivity index (χ2v) is 6.19. The van der Waals surface area contributed by atoms with Crippen LogP contribution in [0, 0.1) is 13.8 Å². The zero-order chi connectivity index (χ0) is 17.4. The van der Waals surface area contributed by atoms with Crippen molar-refractivity contribution < 1.29 is 14.4 Å². The first-order chi connectivity index (χ1) is 10.8. The highest BCUT2D eigenvalue weighted by Crippen LogP contribution is 2.21. The molecule has 128 valence electrons. The first-order valence-corrected chi connectivity index (χ1v) is 8.07. The first-order valence-electron chi connectivity index (χ1n) is 7.67. The molecule has 0 saturated heterocycles. The van der Waals surface area contributed by atoms with E-state index in [0.717, 1.165) is 24.2 Å². The number of carbonyl (C=O) groups excluding carboxylic acids is 1. The zero-order valence-electron chi connectivity index (χ0n) is 14.4. The number of aryl methyl sites for hydroxylation is 1. The molecule has 0 aliphatic carbocycles. The van der Waals surface area contributed by atoms with Crippen LogP contribution < -0.4 is 25.8 Å². The van der Waals surface area contributed by atoms with Crippen LogP contribution in [0.5, 0.6) is 5.75 Å². The number of amides is 1. The number of likely N-dealkylation sites (N-methyl/N-ethyl adjacent to an activating group) is 1. The number of rotatable bonds is 6. The van der Waals surface area contributed by atoms with Crippen LogP contribution in [0.3, 0.4) is 0 Å². The van der Waals surface area contributed by atoms with Gasteiger partial charge in [0.15, 0.2) is 11.2 Å². The highest BCUT2D eigenvalue weighted by molar-refractivity contribution is 7.80. The van der Waals surface area contributed by atoms with Gasteiger partial charge in [-0.3, -0.25) is 15.6 Å². The summed E-state index contributed by atoms with van der Waals surface area (Å²) in [5, 5.41) is 3.41. The number of hydrazine groups is 1. The Balaban J connectivity index is 2.39. The van der Waals surface area contributed by atoms with Crippen LogP contribution in [0.15, 0.2) is 18.2 Å². The van der Waals surface area contributed by atoms with Gasteiger partial charge in [0.1, 0.15) is 5.75 Å². The number of carbonyl (C=O) groups is 1. The minimum Gasteiger partial charge on any atom is -0.481 e. The van der Waals surface area contributed by atoms with Crippen molar-refractivity contribution in [3.05, 3.63) is 29.3 Å². The predicted molar refractivity (Wildman–Crippen MR) is 95.6 cm³/mol. The Kier molecular flexibility index (Phi) is 7.77. The van der Waals surface area contributed by atoms with E-state index in [9.17, 15) is 4.79 Å². The largest absolute Gasteiger partial charge is 0.481 e. The summed E-state index contributed by atoms with van der Waals surface area (Å²) in [4.78, 5) is 13.4. The summed E-state index contributed by atoms with van der Waals surface area (Å²) in [5.41, 5.74) is 7.39. The molecule has 0 aliphatic heterocycles. The minimum absolute atomic E-state index is 0.284. The van der Waals surface area contributed by atoms with Gasteiger partial charge < -0.3 is 15.0 Å². The fourth-order valence-electron chi connectivity index (χ4n) is 1.79. The Morgan fingerprint density at radius 1 is 1.30 bits per heavy atom. The van der Waals surface area contributed by atoms with Crippen molar-refractivity contribution in [1.29, 1.82) is 0 Å².